The third kappa shape index (κ3) is 5.07. The number of nitrogens with zero attached hydrogens (tertiary/aromatic N) is 1. The highest BCUT2D eigenvalue weighted by atomic mass is 19.1. The maximum atomic E-state index is 12.9. The van der Waals surface area contributed by atoms with Crippen LogP contribution < -0.4 is 11.1 Å². The fraction of sp³-hybridized carbons (Fsp3) is 0.588. The van der Waals surface area contributed by atoms with Crippen LogP contribution in [-0.4, -0.2) is 36.0 Å². The Balaban J connectivity index is 1.73. The van der Waals surface area contributed by atoms with Gasteiger partial charge in [-0.05, 0) is 37.0 Å². The summed E-state index contributed by atoms with van der Waals surface area (Å²) in [5.41, 5.74) is 6.95. The number of nitrogens with one attached hydrogen (secondary N) is 1. The summed E-state index contributed by atoms with van der Waals surface area (Å²) in [5.74, 6) is -0.229. The van der Waals surface area contributed by atoms with Crippen LogP contribution in [0.15, 0.2) is 24.3 Å². The van der Waals surface area contributed by atoms with Gasteiger partial charge in [-0.15, -0.1) is 0 Å². The normalized spacial score (nSPS) is 18.1. The first-order valence-corrected chi connectivity index (χ1v) is 8.11. The smallest absolute Gasteiger partial charge is 0.237 e. The number of rotatable bonds is 6. The van der Waals surface area contributed by atoms with Gasteiger partial charge in [0.15, 0.2) is 0 Å². The Morgan fingerprint density at radius 1 is 1.36 bits per heavy atom. The Hall–Kier alpha value is -1.46. The summed E-state index contributed by atoms with van der Waals surface area (Å²) in [5, 5.41) is 3.06. The quantitative estimate of drug-likeness (QED) is 0.845. The number of halogens is 1. The van der Waals surface area contributed by atoms with Gasteiger partial charge in [-0.3, -0.25) is 9.69 Å². The minimum absolute atomic E-state index is 0.0289. The van der Waals surface area contributed by atoms with Crippen molar-refractivity contribution in [1.29, 1.82) is 0 Å². The average molecular weight is 307 g/mol. The number of piperidine rings is 1. The number of nitrogens with two attached hydrogens (primary N) is 1. The van der Waals surface area contributed by atoms with Crippen molar-refractivity contribution >= 4 is 5.91 Å². The average Bonchev–Trinajstić information content (AvgIpc) is 2.51. The molecule has 0 aromatic heterocycles. The lowest BCUT2D eigenvalue weighted by Crippen LogP contribution is -2.49. The Bertz CT molecular complexity index is 469. The fourth-order valence-electron chi connectivity index (χ4n) is 2.83. The van der Waals surface area contributed by atoms with Crippen molar-refractivity contribution in [1.82, 2.24) is 10.2 Å². The maximum absolute atomic E-state index is 12.9. The predicted octanol–water partition coefficient (Wildman–Crippen LogP) is 2.03. The summed E-state index contributed by atoms with van der Waals surface area (Å²) in [6.07, 6.45) is 3.53. The monoisotopic (exact) mass is 307 g/mol. The standard InChI is InChI=1S/C17H26FN3O/c1-2-3-16(19)17(22)20-15-8-10-21(11-9-15)12-13-4-6-14(18)7-5-13/h4-7,15-16H,2-3,8-12,19H2,1H3,(H,20,22). The molecule has 1 aliphatic heterocycles. The molecule has 122 valence electrons. The van der Waals surface area contributed by atoms with E-state index in [4.69, 9.17) is 5.73 Å². The van der Waals surface area contributed by atoms with Gasteiger partial charge in [-0.2, -0.15) is 0 Å². The SMILES string of the molecule is CCCC(N)C(=O)NC1CCN(Cc2ccc(F)cc2)CC1. The van der Waals surface area contributed by atoms with Crippen LogP contribution in [-0.2, 0) is 11.3 Å². The van der Waals surface area contributed by atoms with Gasteiger partial charge in [0, 0.05) is 25.7 Å². The third-order valence-corrected chi connectivity index (χ3v) is 4.19. The molecule has 1 aliphatic rings. The Morgan fingerprint density at radius 3 is 2.59 bits per heavy atom. The lowest BCUT2D eigenvalue weighted by Gasteiger charge is -2.32. The van der Waals surface area contributed by atoms with Gasteiger partial charge in [-0.1, -0.05) is 25.5 Å². The molecule has 5 heteroatoms. The van der Waals surface area contributed by atoms with Gasteiger partial charge in [0.1, 0.15) is 5.82 Å². The molecule has 0 radical (unpaired) electrons. The molecule has 0 bridgehead atoms. The van der Waals surface area contributed by atoms with E-state index in [9.17, 15) is 9.18 Å². The Kier molecular flexibility index (Phi) is 6.34. The van der Waals surface area contributed by atoms with E-state index in [1.807, 2.05) is 19.1 Å². The van der Waals surface area contributed by atoms with Crippen LogP contribution in [0.2, 0.25) is 0 Å². The summed E-state index contributed by atoms with van der Waals surface area (Å²) >= 11 is 0. The van der Waals surface area contributed by atoms with Gasteiger partial charge >= 0.3 is 0 Å². The third-order valence-electron chi connectivity index (χ3n) is 4.19. The number of benzene rings is 1. The molecule has 1 heterocycles. The molecule has 22 heavy (non-hydrogen) atoms. The lowest BCUT2D eigenvalue weighted by atomic mass is 10.0. The highest BCUT2D eigenvalue weighted by Gasteiger charge is 2.22. The molecular weight excluding hydrogens is 281 g/mol. The summed E-state index contributed by atoms with van der Waals surface area (Å²) in [4.78, 5) is 14.3. The van der Waals surface area contributed by atoms with E-state index in [0.29, 0.717) is 0 Å². The minimum atomic E-state index is -0.387. The minimum Gasteiger partial charge on any atom is -0.352 e. The highest BCUT2D eigenvalue weighted by molar-refractivity contribution is 5.81. The van der Waals surface area contributed by atoms with Crippen LogP contribution in [0.1, 0.15) is 38.2 Å². The van der Waals surface area contributed by atoms with Gasteiger partial charge in [0.2, 0.25) is 5.91 Å². The molecule has 1 aromatic rings. The topological polar surface area (TPSA) is 58.4 Å². The van der Waals surface area contributed by atoms with Crippen LogP contribution in [0.25, 0.3) is 0 Å². The second kappa shape index (κ2) is 8.25. The van der Waals surface area contributed by atoms with Crippen molar-refractivity contribution in [2.24, 2.45) is 5.73 Å². The molecule has 4 nitrogen and oxygen atoms in total. The summed E-state index contributed by atoms with van der Waals surface area (Å²) in [6, 6.07) is 6.48. The van der Waals surface area contributed by atoms with Gasteiger partial charge < -0.3 is 11.1 Å². The maximum Gasteiger partial charge on any atom is 0.237 e. The van der Waals surface area contributed by atoms with E-state index in [0.717, 1.165) is 50.9 Å². The summed E-state index contributed by atoms with van der Waals surface area (Å²) in [7, 11) is 0. The van der Waals surface area contributed by atoms with Crippen LogP contribution in [0, 0.1) is 5.82 Å². The largest absolute Gasteiger partial charge is 0.352 e. The molecule has 1 fully saturated rings. The zero-order valence-electron chi connectivity index (χ0n) is 13.2. The Labute approximate surface area is 131 Å². The molecule has 0 saturated carbocycles. The van der Waals surface area contributed by atoms with Crippen molar-refractivity contribution in [3.05, 3.63) is 35.6 Å². The molecule has 3 N–H and O–H groups in total. The molecule has 0 spiro atoms. The van der Waals surface area contributed by atoms with Crippen LogP contribution >= 0.6 is 0 Å². The van der Waals surface area contributed by atoms with Gasteiger partial charge in [0.05, 0.1) is 6.04 Å². The lowest BCUT2D eigenvalue weighted by molar-refractivity contribution is -0.123. The highest BCUT2D eigenvalue weighted by Crippen LogP contribution is 2.14. The number of likely N-dealkylation sites (tertiary alicyclic amines) is 1. The molecule has 1 saturated heterocycles. The van der Waals surface area contributed by atoms with Crippen LogP contribution in [0.4, 0.5) is 4.39 Å². The van der Waals surface area contributed by atoms with Crippen molar-refractivity contribution < 1.29 is 9.18 Å². The zero-order valence-corrected chi connectivity index (χ0v) is 13.2. The Morgan fingerprint density at radius 2 is 2.00 bits per heavy atom. The summed E-state index contributed by atoms with van der Waals surface area (Å²) < 4.78 is 12.9. The number of carbonyl (C=O) groups is 1. The predicted molar refractivity (Wildman–Crippen MR) is 85.7 cm³/mol. The molecule has 1 aromatic carbocycles. The second-order valence-corrected chi connectivity index (χ2v) is 6.08. The molecule has 0 aliphatic carbocycles. The van der Waals surface area contributed by atoms with Crippen molar-refractivity contribution in [2.75, 3.05) is 13.1 Å². The zero-order chi connectivity index (χ0) is 15.9. The first-order chi connectivity index (χ1) is 10.6. The van der Waals surface area contributed by atoms with Crippen molar-refractivity contribution in [3.8, 4) is 0 Å². The number of carbonyl (C=O) groups excluding carboxylic acids is 1. The van der Waals surface area contributed by atoms with Crippen molar-refractivity contribution in [3.63, 3.8) is 0 Å². The molecular formula is C17H26FN3O. The summed E-state index contributed by atoms with van der Waals surface area (Å²) in [6.45, 7) is 4.73. The van der Waals surface area contributed by atoms with Gasteiger partial charge in [0.25, 0.3) is 0 Å². The number of amides is 1. The van der Waals surface area contributed by atoms with E-state index in [-0.39, 0.29) is 23.8 Å². The van der Waals surface area contributed by atoms with Crippen LogP contribution in [0.5, 0.6) is 0 Å². The molecule has 1 atom stereocenters. The van der Waals surface area contributed by atoms with E-state index >= 15 is 0 Å². The van der Waals surface area contributed by atoms with Crippen LogP contribution in [0.3, 0.4) is 0 Å². The number of hydrogen-bond acceptors (Lipinski definition) is 3. The molecule has 2 rings (SSSR count). The van der Waals surface area contributed by atoms with Gasteiger partial charge in [-0.25, -0.2) is 4.39 Å². The van der Waals surface area contributed by atoms with E-state index in [1.54, 1.807) is 0 Å². The van der Waals surface area contributed by atoms with Crippen molar-refractivity contribution in [2.45, 2.75) is 51.2 Å². The van der Waals surface area contributed by atoms with E-state index < -0.39 is 0 Å². The number of hydrogen-bond donors (Lipinski definition) is 2. The molecule has 1 unspecified atom stereocenters. The first-order valence-electron chi connectivity index (χ1n) is 8.11. The second-order valence-electron chi connectivity index (χ2n) is 6.08. The van der Waals surface area contributed by atoms with E-state index in [2.05, 4.69) is 10.2 Å². The van der Waals surface area contributed by atoms with E-state index in [1.165, 1.54) is 12.1 Å². The first kappa shape index (κ1) is 16.9. The molecule has 1 amide bonds. The fourth-order valence-corrected chi connectivity index (χ4v) is 2.83.